The molecule has 0 aliphatic carbocycles. The molecule has 6 heteroatoms. The monoisotopic (exact) mass is 397 g/mol. The van der Waals surface area contributed by atoms with Crippen molar-refractivity contribution in [3.8, 4) is 11.1 Å². The second-order valence-corrected chi connectivity index (χ2v) is 8.44. The van der Waals surface area contributed by atoms with Crippen molar-refractivity contribution in [3.05, 3.63) is 54.1 Å². The number of benzene rings is 2. The number of primary amides is 1. The van der Waals surface area contributed by atoms with E-state index in [1.165, 1.54) is 0 Å². The molecule has 0 aliphatic rings. The van der Waals surface area contributed by atoms with Gasteiger partial charge in [-0.3, -0.25) is 9.59 Å². The average molecular weight is 398 g/mol. The normalized spacial score (nSPS) is 12.5. The Balaban J connectivity index is 2.00. The first kappa shape index (κ1) is 22.4. The minimum Gasteiger partial charge on any atom is -0.459 e. The van der Waals surface area contributed by atoms with Crippen LogP contribution in [0.25, 0.3) is 11.1 Å². The van der Waals surface area contributed by atoms with E-state index in [9.17, 15) is 9.59 Å². The summed E-state index contributed by atoms with van der Waals surface area (Å²) in [6.07, 6.45) is 0.240. The largest absolute Gasteiger partial charge is 0.459 e. The third kappa shape index (κ3) is 7.23. The van der Waals surface area contributed by atoms with E-state index in [0.717, 1.165) is 22.4 Å². The fourth-order valence-corrected chi connectivity index (χ4v) is 2.79. The molecule has 0 saturated carbocycles. The molecule has 0 radical (unpaired) electrons. The highest BCUT2D eigenvalue weighted by Crippen LogP contribution is 2.22. The fraction of sp³-hybridized carbons (Fsp3) is 0.391. The van der Waals surface area contributed by atoms with Gasteiger partial charge >= 0.3 is 5.97 Å². The highest BCUT2D eigenvalue weighted by Gasteiger charge is 2.27. The number of hydrazine groups is 1. The Kier molecular flexibility index (Phi) is 7.40. The van der Waals surface area contributed by atoms with Crippen LogP contribution in [0.2, 0.25) is 0 Å². The Bertz CT molecular complexity index is 822. The maximum atomic E-state index is 12.4. The number of carbonyl (C=O) groups is 2. The first-order valence-corrected chi connectivity index (χ1v) is 9.77. The van der Waals surface area contributed by atoms with E-state index in [1.807, 2.05) is 83.1 Å². The summed E-state index contributed by atoms with van der Waals surface area (Å²) in [5, 5.41) is 0. The number of hydrogen-bond acceptors (Lipinski definition) is 5. The predicted octanol–water partition coefficient (Wildman–Crippen LogP) is 3.66. The Morgan fingerprint density at radius 2 is 1.48 bits per heavy atom. The molecule has 1 unspecified atom stereocenters. The molecule has 2 aromatic rings. The van der Waals surface area contributed by atoms with Crippen LogP contribution in [0.1, 0.15) is 40.2 Å². The molecule has 0 saturated heterocycles. The van der Waals surface area contributed by atoms with Crippen molar-refractivity contribution in [2.75, 3.05) is 5.43 Å². The molecule has 0 heterocycles. The Morgan fingerprint density at radius 3 is 1.93 bits per heavy atom. The molecule has 0 spiro atoms. The molecule has 4 N–H and O–H groups in total. The summed E-state index contributed by atoms with van der Waals surface area (Å²) in [6, 6.07) is 15.1. The van der Waals surface area contributed by atoms with Gasteiger partial charge in [0.1, 0.15) is 11.6 Å². The molecule has 0 bridgehead atoms. The highest BCUT2D eigenvalue weighted by molar-refractivity contribution is 5.77. The minimum absolute atomic E-state index is 0.0653. The molecular formula is C23H31N3O3. The van der Waals surface area contributed by atoms with Crippen LogP contribution in [0.5, 0.6) is 0 Å². The lowest BCUT2D eigenvalue weighted by Crippen LogP contribution is -2.47. The fourth-order valence-electron chi connectivity index (χ4n) is 2.79. The maximum Gasteiger partial charge on any atom is 0.325 e. The molecule has 0 aromatic heterocycles. The van der Waals surface area contributed by atoms with Gasteiger partial charge in [0.2, 0.25) is 5.91 Å². The summed E-state index contributed by atoms with van der Waals surface area (Å²) in [7, 11) is 0. The smallest absolute Gasteiger partial charge is 0.325 e. The van der Waals surface area contributed by atoms with E-state index >= 15 is 0 Å². The van der Waals surface area contributed by atoms with Crippen LogP contribution >= 0.6 is 0 Å². The van der Waals surface area contributed by atoms with Crippen molar-refractivity contribution < 1.29 is 14.3 Å². The second kappa shape index (κ2) is 9.56. The number of nitrogens with two attached hydrogens (primary N) is 1. The zero-order valence-corrected chi connectivity index (χ0v) is 17.8. The van der Waals surface area contributed by atoms with Crippen molar-refractivity contribution in [1.29, 1.82) is 0 Å². The van der Waals surface area contributed by atoms with Crippen molar-refractivity contribution in [3.63, 3.8) is 0 Å². The van der Waals surface area contributed by atoms with Crippen molar-refractivity contribution in [2.45, 2.75) is 52.7 Å². The minimum atomic E-state index is -0.527. The van der Waals surface area contributed by atoms with E-state index in [-0.39, 0.29) is 24.2 Å². The van der Waals surface area contributed by atoms with Crippen LogP contribution in [-0.2, 0) is 20.7 Å². The number of esters is 1. The number of rotatable bonds is 8. The molecular weight excluding hydrogens is 366 g/mol. The summed E-state index contributed by atoms with van der Waals surface area (Å²) in [5.41, 5.74) is 14.7. The van der Waals surface area contributed by atoms with E-state index < -0.39 is 11.6 Å². The summed E-state index contributed by atoms with van der Waals surface area (Å²) in [6.45, 7) is 9.50. The Morgan fingerprint density at radius 1 is 0.966 bits per heavy atom. The number of nitrogens with one attached hydrogen (secondary N) is 2. The third-order valence-electron chi connectivity index (χ3n) is 4.25. The van der Waals surface area contributed by atoms with Gasteiger partial charge in [-0.05, 0) is 55.5 Å². The van der Waals surface area contributed by atoms with Crippen LogP contribution < -0.4 is 16.6 Å². The molecule has 6 nitrogen and oxygen atoms in total. The summed E-state index contributed by atoms with van der Waals surface area (Å²) in [4.78, 5) is 23.4. The van der Waals surface area contributed by atoms with Crippen LogP contribution in [0.15, 0.2) is 48.5 Å². The summed E-state index contributed by atoms with van der Waals surface area (Å²) in [5.74, 6) is -0.560. The average Bonchev–Trinajstić information content (AvgIpc) is 2.61. The van der Waals surface area contributed by atoms with Crippen LogP contribution in [0.3, 0.4) is 0 Å². The topological polar surface area (TPSA) is 93.5 Å². The zero-order valence-electron chi connectivity index (χ0n) is 17.8. The van der Waals surface area contributed by atoms with E-state index in [4.69, 9.17) is 10.5 Å². The van der Waals surface area contributed by atoms with Gasteiger partial charge in [-0.1, -0.05) is 50.2 Å². The van der Waals surface area contributed by atoms with Crippen LogP contribution in [-0.4, -0.2) is 23.5 Å². The number of hydrogen-bond donors (Lipinski definition) is 3. The lowest BCUT2D eigenvalue weighted by Gasteiger charge is -2.27. The molecule has 29 heavy (non-hydrogen) atoms. The maximum absolute atomic E-state index is 12.4. The Labute approximate surface area is 172 Å². The second-order valence-electron chi connectivity index (χ2n) is 8.44. The van der Waals surface area contributed by atoms with E-state index in [0.29, 0.717) is 0 Å². The molecule has 1 atom stereocenters. The molecule has 0 aliphatic heterocycles. The third-order valence-corrected chi connectivity index (χ3v) is 4.25. The SMILES string of the molecule is CC(C)C(NNc1ccc(-c2ccc(CC(N)=O)cc2)cc1)C(=O)OC(C)(C)C. The van der Waals surface area contributed by atoms with Crippen molar-refractivity contribution in [1.82, 2.24) is 5.43 Å². The lowest BCUT2D eigenvalue weighted by atomic mass is 10.0. The van der Waals surface area contributed by atoms with Gasteiger partial charge in [0, 0.05) is 5.69 Å². The van der Waals surface area contributed by atoms with Gasteiger partial charge in [0.25, 0.3) is 0 Å². The van der Waals surface area contributed by atoms with Gasteiger partial charge in [0.05, 0.1) is 6.42 Å². The van der Waals surface area contributed by atoms with Gasteiger partial charge in [-0.2, -0.15) is 0 Å². The molecule has 2 aromatic carbocycles. The zero-order chi connectivity index (χ0) is 21.6. The standard InChI is InChI=1S/C23H31N3O3/c1-15(2)21(22(28)29-23(3,4)5)26-25-19-12-10-18(11-13-19)17-8-6-16(7-9-17)14-20(24)27/h6-13,15,21,25-26H,14H2,1-5H3,(H2,24,27). The van der Waals surface area contributed by atoms with E-state index in [1.54, 1.807) is 0 Å². The molecule has 156 valence electrons. The number of amides is 1. The predicted molar refractivity (Wildman–Crippen MR) is 116 cm³/mol. The van der Waals surface area contributed by atoms with Gasteiger partial charge in [0.15, 0.2) is 0 Å². The number of anilines is 1. The van der Waals surface area contributed by atoms with Gasteiger partial charge in [-0.25, -0.2) is 5.43 Å². The molecule has 0 fully saturated rings. The lowest BCUT2D eigenvalue weighted by molar-refractivity contribution is -0.158. The highest BCUT2D eigenvalue weighted by atomic mass is 16.6. The quantitative estimate of drug-likeness (QED) is 0.467. The van der Waals surface area contributed by atoms with Crippen molar-refractivity contribution >= 4 is 17.6 Å². The number of carbonyl (C=O) groups excluding carboxylic acids is 2. The van der Waals surface area contributed by atoms with Gasteiger partial charge in [-0.15, -0.1) is 0 Å². The first-order chi connectivity index (χ1) is 13.5. The summed E-state index contributed by atoms with van der Waals surface area (Å²) >= 11 is 0. The van der Waals surface area contributed by atoms with Crippen LogP contribution in [0.4, 0.5) is 5.69 Å². The van der Waals surface area contributed by atoms with Crippen molar-refractivity contribution in [2.24, 2.45) is 11.7 Å². The first-order valence-electron chi connectivity index (χ1n) is 9.77. The number of ether oxygens (including phenoxy) is 1. The van der Waals surface area contributed by atoms with Crippen LogP contribution in [0, 0.1) is 5.92 Å². The molecule has 1 amide bonds. The van der Waals surface area contributed by atoms with Gasteiger partial charge < -0.3 is 15.9 Å². The molecule has 2 rings (SSSR count). The van der Waals surface area contributed by atoms with E-state index in [2.05, 4.69) is 10.9 Å². The Hall–Kier alpha value is -2.86. The summed E-state index contributed by atoms with van der Waals surface area (Å²) < 4.78 is 5.49.